The van der Waals surface area contributed by atoms with Gasteiger partial charge in [0.15, 0.2) is 0 Å². The Morgan fingerprint density at radius 1 is 1.25 bits per heavy atom. The number of rotatable bonds is 3. The highest BCUT2D eigenvalue weighted by Crippen LogP contribution is 2.26. The van der Waals surface area contributed by atoms with Crippen molar-refractivity contribution < 1.29 is 4.79 Å². The number of anilines is 1. The molecule has 0 aliphatic heterocycles. The smallest absolute Gasteiger partial charge is 0.229 e. The van der Waals surface area contributed by atoms with Gasteiger partial charge >= 0.3 is 0 Å². The Morgan fingerprint density at radius 2 is 2.05 bits per heavy atom. The fourth-order valence-electron chi connectivity index (χ4n) is 2.70. The maximum Gasteiger partial charge on any atom is 0.229 e. The largest absolute Gasteiger partial charge is 0.327 e. The van der Waals surface area contributed by atoms with E-state index in [0.717, 1.165) is 36.2 Å². The molecule has 0 spiro atoms. The maximum atomic E-state index is 12.1. The third-order valence-electron chi connectivity index (χ3n) is 3.87. The van der Waals surface area contributed by atoms with E-state index in [0.29, 0.717) is 0 Å². The van der Waals surface area contributed by atoms with Gasteiger partial charge in [0.2, 0.25) is 5.91 Å². The molecule has 2 aromatic rings. The summed E-state index contributed by atoms with van der Waals surface area (Å²) >= 11 is 0. The number of amides is 1. The Balaban J connectivity index is 1.68. The summed E-state index contributed by atoms with van der Waals surface area (Å²) in [4.78, 5) is 12.1. The van der Waals surface area contributed by atoms with Gasteiger partial charge in [0, 0.05) is 17.9 Å². The highest BCUT2D eigenvalue weighted by atomic mass is 16.1. The summed E-state index contributed by atoms with van der Waals surface area (Å²) < 4.78 is 0. The molecule has 1 aromatic carbocycles. The molecule has 1 aliphatic rings. The molecular weight excluding hydrogens is 252 g/mol. The SMILES string of the molecule is NC1CCCC1C(=O)Nc1ccc(-c2ccn[nH]2)cc1. The third kappa shape index (κ3) is 2.58. The summed E-state index contributed by atoms with van der Waals surface area (Å²) in [5, 5.41) is 9.77. The Kier molecular flexibility index (Phi) is 3.52. The van der Waals surface area contributed by atoms with Gasteiger partial charge in [-0.25, -0.2) is 0 Å². The van der Waals surface area contributed by atoms with Gasteiger partial charge in [0.05, 0.1) is 11.6 Å². The molecule has 2 unspecified atom stereocenters. The fraction of sp³-hybridized carbons (Fsp3) is 0.333. The van der Waals surface area contributed by atoms with Gasteiger partial charge in [0.25, 0.3) is 0 Å². The van der Waals surface area contributed by atoms with Gasteiger partial charge in [-0.1, -0.05) is 18.6 Å². The average Bonchev–Trinajstić information content (AvgIpc) is 3.10. The molecule has 2 atom stereocenters. The standard InChI is InChI=1S/C15H18N4O/c16-13-3-1-2-12(13)15(20)18-11-6-4-10(5-7-11)14-8-9-17-19-14/h4-9,12-13H,1-3,16H2,(H,17,19)(H,18,20). The second-order valence-corrected chi connectivity index (χ2v) is 5.24. The van der Waals surface area contributed by atoms with E-state index < -0.39 is 0 Å². The fourth-order valence-corrected chi connectivity index (χ4v) is 2.70. The molecule has 1 amide bonds. The summed E-state index contributed by atoms with van der Waals surface area (Å²) in [5.41, 5.74) is 8.75. The lowest BCUT2D eigenvalue weighted by atomic mass is 10.0. The number of benzene rings is 1. The van der Waals surface area contributed by atoms with Crippen LogP contribution >= 0.6 is 0 Å². The van der Waals surface area contributed by atoms with Crippen LogP contribution in [0.4, 0.5) is 5.69 Å². The molecule has 1 aliphatic carbocycles. The van der Waals surface area contributed by atoms with Crippen molar-refractivity contribution in [2.75, 3.05) is 5.32 Å². The van der Waals surface area contributed by atoms with E-state index in [9.17, 15) is 4.79 Å². The van der Waals surface area contributed by atoms with Gasteiger partial charge in [-0.05, 0) is 36.6 Å². The van der Waals surface area contributed by atoms with Gasteiger partial charge in [-0.3, -0.25) is 9.89 Å². The molecule has 1 aromatic heterocycles. The number of carbonyl (C=O) groups is 1. The molecule has 0 radical (unpaired) electrons. The van der Waals surface area contributed by atoms with E-state index in [2.05, 4.69) is 15.5 Å². The van der Waals surface area contributed by atoms with Crippen LogP contribution < -0.4 is 11.1 Å². The molecule has 5 nitrogen and oxygen atoms in total. The molecule has 3 rings (SSSR count). The van der Waals surface area contributed by atoms with Crippen molar-refractivity contribution in [1.82, 2.24) is 10.2 Å². The summed E-state index contributed by atoms with van der Waals surface area (Å²) in [6, 6.07) is 9.61. The first kappa shape index (κ1) is 12.9. The molecule has 20 heavy (non-hydrogen) atoms. The van der Waals surface area contributed by atoms with Crippen molar-refractivity contribution >= 4 is 11.6 Å². The maximum absolute atomic E-state index is 12.1. The van der Waals surface area contributed by atoms with E-state index in [-0.39, 0.29) is 17.9 Å². The number of aromatic amines is 1. The molecular formula is C15H18N4O. The minimum Gasteiger partial charge on any atom is -0.327 e. The molecule has 5 heteroatoms. The van der Waals surface area contributed by atoms with Crippen LogP contribution in [0.1, 0.15) is 19.3 Å². The first-order chi connectivity index (χ1) is 9.74. The molecule has 4 N–H and O–H groups in total. The zero-order valence-corrected chi connectivity index (χ0v) is 11.2. The van der Waals surface area contributed by atoms with E-state index in [1.54, 1.807) is 6.20 Å². The van der Waals surface area contributed by atoms with Crippen LogP contribution in [0.2, 0.25) is 0 Å². The van der Waals surface area contributed by atoms with Crippen molar-refractivity contribution in [3.8, 4) is 11.3 Å². The van der Waals surface area contributed by atoms with Crippen molar-refractivity contribution in [3.63, 3.8) is 0 Å². The predicted octanol–water partition coefficient (Wildman–Crippen LogP) is 2.14. The molecule has 104 valence electrons. The van der Waals surface area contributed by atoms with Crippen LogP contribution in [0, 0.1) is 5.92 Å². The molecule has 0 bridgehead atoms. The van der Waals surface area contributed by atoms with Gasteiger partial charge in [-0.2, -0.15) is 5.10 Å². The Morgan fingerprint density at radius 3 is 2.65 bits per heavy atom. The second-order valence-electron chi connectivity index (χ2n) is 5.24. The quantitative estimate of drug-likeness (QED) is 0.799. The number of carbonyl (C=O) groups excluding carboxylic acids is 1. The molecule has 0 saturated heterocycles. The van der Waals surface area contributed by atoms with E-state index in [1.807, 2.05) is 30.3 Å². The topological polar surface area (TPSA) is 83.8 Å². The summed E-state index contributed by atoms with van der Waals surface area (Å²) in [5.74, 6) is -0.0217. The van der Waals surface area contributed by atoms with E-state index >= 15 is 0 Å². The van der Waals surface area contributed by atoms with Crippen LogP contribution in [0.3, 0.4) is 0 Å². The summed E-state index contributed by atoms with van der Waals surface area (Å²) in [7, 11) is 0. The third-order valence-corrected chi connectivity index (χ3v) is 3.87. The lowest BCUT2D eigenvalue weighted by Gasteiger charge is -2.15. The minimum atomic E-state index is -0.0534. The molecule has 1 heterocycles. The lowest BCUT2D eigenvalue weighted by Crippen LogP contribution is -2.34. The van der Waals surface area contributed by atoms with Gasteiger partial charge < -0.3 is 11.1 Å². The van der Waals surface area contributed by atoms with Gasteiger partial charge in [-0.15, -0.1) is 0 Å². The number of nitrogens with zero attached hydrogens (tertiary/aromatic N) is 1. The average molecular weight is 270 g/mol. The Labute approximate surface area is 117 Å². The summed E-state index contributed by atoms with van der Waals surface area (Å²) in [6.07, 6.45) is 4.58. The number of hydrogen-bond donors (Lipinski definition) is 3. The zero-order chi connectivity index (χ0) is 13.9. The molecule has 1 fully saturated rings. The number of aromatic nitrogens is 2. The molecule has 1 saturated carbocycles. The first-order valence-electron chi connectivity index (χ1n) is 6.90. The monoisotopic (exact) mass is 270 g/mol. The number of H-pyrrole nitrogens is 1. The van der Waals surface area contributed by atoms with Crippen LogP contribution in [-0.2, 0) is 4.79 Å². The van der Waals surface area contributed by atoms with E-state index in [4.69, 9.17) is 5.73 Å². The van der Waals surface area contributed by atoms with Crippen molar-refractivity contribution in [1.29, 1.82) is 0 Å². The number of nitrogens with two attached hydrogens (primary N) is 1. The summed E-state index contributed by atoms with van der Waals surface area (Å²) in [6.45, 7) is 0. The highest BCUT2D eigenvalue weighted by Gasteiger charge is 2.30. The Bertz CT molecular complexity index is 576. The van der Waals surface area contributed by atoms with Crippen LogP contribution in [-0.4, -0.2) is 22.1 Å². The Hall–Kier alpha value is -2.14. The van der Waals surface area contributed by atoms with E-state index in [1.165, 1.54) is 0 Å². The predicted molar refractivity (Wildman–Crippen MR) is 78.0 cm³/mol. The van der Waals surface area contributed by atoms with Crippen LogP contribution in [0.5, 0.6) is 0 Å². The zero-order valence-electron chi connectivity index (χ0n) is 11.2. The lowest BCUT2D eigenvalue weighted by molar-refractivity contribution is -0.120. The minimum absolute atomic E-state index is 0.000679. The van der Waals surface area contributed by atoms with Gasteiger partial charge in [0.1, 0.15) is 0 Å². The first-order valence-corrected chi connectivity index (χ1v) is 6.90. The second kappa shape index (κ2) is 5.46. The van der Waals surface area contributed by atoms with Crippen LogP contribution in [0.25, 0.3) is 11.3 Å². The number of nitrogens with one attached hydrogen (secondary N) is 2. The van der Waals surface area contributed by atoms with Crippen LogP contribution in [0.15, 0.2) is 36.5 Å². The van der Waals surface area contributed by atoms with Crippen molar-refractivity contribution in [2.24, 2.45) is 11.7 Å². The van der Waals surface area contributed by atoms with Crippen molar-refractivity contribution in [3.05, 3.63) is 36.5 Å². The number of hydrogen-bond acceptors (Lipinski definition) is 3. The van der Waals surface area contributed by atoms with Crippen molar-refractivity contribution in [2.45, 2.75) is 25.3 Å². The normalized spacial score (nSPS) is 21.9. The highest BCUT2D eigenvalue weighted by molar-refractivity contribution is 5.93.